The number of aliphatic carboxylic acids is 1. The van der Waals surface area contributed by atoms with Crippen LogP contribution in [-0.4, -0.2) is 26.9 Å². The fraction of sp³-hybridized carbons (Fsp3) is 0.312. The lowest BCUT2D eigenvalue weighted by Crippen LogP contribution is -2.15. The van der Waals surface area contributed by atoms with Crippen LogP contribution in [-0.2, 0) is 29.1 Å². The van der Waals surface area contributed by atoms with Crippen molar-refractivity contribution >= 4 is 17.7 Å². The van der Waals surface area contributed by atoms with E-state index in [1.807, 2.05) is 37.3 Å². The van der Waals surface area contributed by atoms with Crippen LogP contribution in [0.2, 0.25) is 0 Å². The summed E-state index contributed by atoms with van der Waals surface area (Å²) in [5.41, 5.74) is 2.04. The van der Waals surface area contributed by atoms with Gasteiger partial charge < -0.3 is 9.84 Å². The molecule has 7 heteroatoms. The molecule has 0 aliphatic heterocycles. The quantitative estimate of drug-likeness (QED) is 0.819. The smallest absolute Gasteiger partial charge is 0.412 e. The number of nitrogens with one attached hydrogen (secondary N) is 1. The molecule has 0 bridgehead atoms. The van der Waals surface area contributed by atoms with Crippen LogP contribution < -0.4 is 5.32 Å². The molecule has 1 heterocycles. The monoisotopic (exact) mass is 317 g/mol. The highest BCUT2D eigenvalue weighted by Gasteiger charge is 2.14. The molecule has 0 aliphatic rings. The van der Waals surface area contributed by atoms with E-state index in [1.54, 1.807) is 4.68 Å². The number of hydrogen-bond acceptors (Lipinski definition) is 4. The highest BCUT2D eigenvalue weighted by molar-refractivity contribution is 5.85. The van der Waals surface area contributed by atoms with E-state index in [9.17, 15) is 9.59 Å². The molecule has 0 fully saturated rings. The van der Waals surface area contributed by atoms with Gasteiger partial charge in [-0.25, -0.2) is 4.79 Å². The third kappa shape index (κ3) is 4.84. The maximum absolute atomic E-state index is 11.9. The molecule has 122 valence electrons. The van der Waals surface area contributed by atoms with Gasteiger partial charge in [-0.1, -0.05) is 30.3 Å². The van der Waals surface area contributed by atoms with Crippen LogP contribution in [0.4, 0.5) is 10.5 Å². The Morgan fingerprint density at radius 3 is 2.70 bits per heavy atom. The number of amides is 1. The Kier molecular flexibility index (Phi) is 5.74. The molecule has 1 aromatic heterocycles. The molecule has 0 unspecified atom stereocenters. The van der Waals surface area contributed by atoms with E-state index >= 15 is 0 Å². The number of rotatable bonds is 7. The molecular formula is C16H19N3O4. The van der Waals surface area contributed by atoms with Crippen LogP contribution in [0, 0.1) is 0 Å². The van der Waals surface area contributed by atoms with Gasteiger partial charge in [-0.2, -0.15) is 5.10 Å². The number of carbonyl (C=O) groups excluding carboxylic acids is 1. The van der Waals surface area contributed by atoms with Crippen LogP contribution in [0.5, 0.6) is 0 Å². The van der Waals surface area contributed by atoms with Crippen molar-refractivity contribution in [2.45, 2.75) is 32.9 Å². The van der Waals surface area contributed by atoms with Gasteiger partial charge in [-0.05, 0) is 12.5 Å². The second-order valence-corrected chi connectivity index (χ2v) is 4.90. The van der Waals surface area contributed by atoms with Crippen molar-refractivity contribution < 1.29 is 19.4 Å². The molecule has 23 heavy (non-hydrogen) atoms. The van der Waals surface area contributed by atoms with E-state index < -0.39 is 12.1 Å². The molecule has 0 saturated heterocycles. The fourth-order valence-electron chi connectivity index (χ4n) is 2.15. The van der Waals surface area contributed by atoms with Gasteiger partial charge in [0.25, 0.3) is 0 Å². The number of anilines is 1. The third-order valence-corrected chi connectivity index (χ3v) is 3.27. The lowest BCUT2D eigenvalue weighted by Gasteiger charge is -2.09. The van der Waals surface area contributed by atoms with Gasteiger partial charge in [0.05, 0.1) is 24.0 Å². The van der Waals surface area contributed by atoms with Crippen molar-refractivity contribution in [3.05, 3.63) is 47.8 Å². The molecule has 7 nitrogen and oxygen atoms in total. The first-order valence-corrected chi connectivity index (χ1v) is 7.34. The molecule has 0 saturated carbocycles. The van der Waals surface area contributed by atoms with Crippen LogP contribution in [0.25, 0.3) is 0 Å². The predicted octanol–water partition coefficient (Wildman–Crippen LogP) is 2.67. The van der Waals surface area contributed by atoms with Crippen LogP contribution >= 0.6 is 0 Å². The van der Waals surface area contributed by atoms with Gasteiger partial charge >= 0.3 is 12.1 Å². The Balaban J connectivity index is 1.97. The van der Waals surface area contributed by atoms with Gasteiger partial charge in [0, 0.05) is 13.0 Å². The molecular weight excluding hydrogens is 298 g/mol. The Morgan fingerprint density at radius 2 is 2.04 bits per heavy atom. The molecule has 0 radical (unpaired) electrons. The lowest BCUT2D eigenvalue weighted by atomic mass is 10.2. The number of benzene rings is 1. The normalized spacial score (nSPS) is 10.3. The largest absolute Gasteiger partial charge is 0.481 e. The Labute approximate surface area is 133 Å². The summed E-state index contributed by atoms with van der Waals surface area (Å²) in [6, 6.07) is 9.34. The number of aromatic nitrogens is 2. The molecule has 0 spiro atoms. The Hall–Kier alpha value is -2.83. The molecule has 1 amide bonds. The summed E-state index contributed by atoms with van der Waals surface area (Å²) in [4.78, 5) is 22.6. The summed E-state index contributed by atoms with van der Waals surface area (Å²) < 4.78 is 6.81. The van der Waals surface area contributed by atoms with Crippen LogP contribution in [0.3, 0.4) is 0 Å². The van der Waals surface area contributed by atoms with Crippen LogP contribution in [0.1, 0.15) is 24.6 Å². The Bertz CT molecular complexity index is 667. The molecule has 2 N–H and O–H groups in total. The number of ether oxygens (including phenoxy) is 1. The number of carboxylic acid groups (broad SMARTS) is 1. The minimum atomic E-state index is -0.897. The zero-order valence-corrected chi connectivity index (χ0v) is 12.9. The molecule has 1 aromatic carbocycles. The fourth-order valence-corrected chi connectivity index (χ4v) is 2.15. The molecule has 2 aromatic rings. The maximum atomic E-state index is 11.9. The van der Waals surface area contributed by atoms with Gasteiger partial charge in [-0.3, -0.25) is 14.8 Å². The first-order chi connectivity index (χ1) is 11.1. The summed E-state index contributed by atoms with van der Waals surface area (Å²) in [6.07, 6.45) is 1.17. The molecule has 0 aliphatic carbocycles. The standard InChI is InChI=1S/C16H19N3O4/c1-2-19-14(8-9-15(20)21)13(10-17-19)18-16(22)23-11-12-6-4-3-5-7-12/h3-7,10H,2,8-9,11H2,1H3,(H,18,22)(H,20,21). The highest BCUT2D eigenvalue weighted by Crippen LogP contribution is 2.17. The molecule has 0 atom stereocenters. The van der Waals surface area contributed by atoms with Crippen LogP contribution in [0.15, 0.2) is 36.5 Å². The van der Waals surface area contributed by atoms with Crippen molar-refractivity contribution in [2.24, 2.45) is 0 Å². The minimum Gasteiger partial charge on any atom is -0.481 e. The summed E-state index contributed by atoms with van der Waals surface area (Å²) in [6.45, 7) is 2.66. The topological polar surface area (TPSA) is 93.5 Å². The third-order valence-electron chi connectivity index (χ3n) is 3.27. The number of hydrogen-bond donors (Lipinski definition) is 2. The van der Waals surface area contributed by atoms with E-state index in [0.717, 1.165) is 5.56 Å². The summed E-state index contributed by atoms with van der Waals surface area (Å²) in [7, 11) is 0. The van der Waals surface area contributed by atoms with E-state index in [-0.39, 0.29) is 19.4 Å². The zero-order valence-electron chi connectivity index (χ0n) is 12.9. The zero-order chi connectivity index (χ0) is 16.7. The van der Waals surface area contributed by atoms with Gasteiger partial charge in [0.1, 0.15) is 6.61 Å². The second kappa shape index (κ2) is 7.98. The Morgan fingerprint density at radius 1 is 1.30 bits per heavy atom. The number of carboxylic acids is 1. The summed E-state index contributed by atoms with van der Waals surface area (Å²) in [5, 5.41) is 15.6. The van der Waals surface area contributed by atoms with E-state index in [1.165, 1.54) is 6.20 Å². The first kappa shape index (κ1) is 16.5. The number of carbonyl (C=O) groups is 2. The van der Waals surface area contributed by atoms with Crippen molar-refractivity contribution in [1.82, 2.24) is 9.78 Å². The van der Waals surface area contributed by atoms with E-state index in [2.05, 4.69) is 10.4 Å². The SMILES string of the molecule is CCn1ncc(NC(=O)OCc2ccccc2)c1CCC(=O)O. The van der Waals surface area contributed by atoms with E-state index in [4.69, 9.17) is 9.84 Å². The minimum absolute atomic E-state index is 0.0283. The van der Waals surface area contributed by atoms with Crippen molar-refractivity contribution in [2.75, 3.05) is 5.32 Å². The predicted molar refractivity (Wildman–Crippen MR) is 84.1 cm³/mol. The lowest BCUT2D eigenvalue weighted by molar-refractivity contribution is -0.136. The summed E-state index contributed by atoms with van der Waals surface area (Å²) in [5.74, 6) is -0.897. The average molecular weight is 317 g/mol. The summed E-state index contributed by atoms with van der Waals surface area (Å²) >= 11 is 0. The van der Waals surface area contributed by atoms with Gasteiger partial charge in [0.2, 0.25) is 0 Å². The van der Waals surface area contributed by atoms with Crippen molar-refractivity contribution in [3.8, 4) is 0 Å². The van der Waals surface area contributed by atoms with Crippen molar-refractivity contribution in [1.29, 1.82) is 0 Å². The average Bonchev–Trinajstić information content (AvgIpc) is 2.93. The van der Waals surface area contributed by atoms with E-state index in [0.29, 0.717) is 17.9 Å². The van der Waals surface area contributed by atoms with Crippen molar-refractivity contribution in [3.63, 3.8) is 0 Å². The number of aryl methyl sites for hydroxylation is 1. The maximum Gasteiger partial charge on any atom is 0.412 e. The highest BCUT2D eigenvalue weighted by atomic mass is 16.5. The van der Waals surface area contributed by atoms with Gasteiger partial charge in [0.15, 0.2) is 0 Å². The number of nitrogens with zero attached hydrogens (tertiary/aromatic N) is 2. The molecule has 2 rings (SSSR count). The second-order valence-electron chi connectivity index (χ2n) is 4.90. The van der Waals surface area contributed by atoms with Gasteiger partial charge in [-0.15, -0.1) is 0 Å². The first-order valence-electron chi connectivity index (χ1n) is 7.34.